The van der Waals surface area contributed by atoms with Crippen molar-refractivity contribution >= 4 is 23.7 Å². The van der Waals surface area contributed by atoms with E-state index < -0.39 is 35.4 Å². The van der Waals surface area contributed by atoms with Crippen molar-refractivity contribution in [2.24, 2.45) is 0 Å². The third-order valence-electron chi connectivity index (χ3n) is 9.77. The third kappa shape index (κ3) is 6.78. The van der Waals surface area contributed by atoms with Crippen LogP contribution in [-0.2, 0) is 24.6 Å². The summed E-state index contributed by atoms with van der Waals surface area (Å²) in [7, 11) is 0. The number of carbonyl (C=O) groups excluding carboxylic acids is 2. The van der Waals surface area contributed by atoms with Gasteiger partial charge >= 0.3 is 12.1 Å². The molecule has 260 valence electrons. The first-order valence-corrected chi connectivity index (χ1v) is 17.8. The van der Waals surface area contributed by atoms with Crippen LogP contribution in [-0.4, -0.2) is 47.9 Å². The second kappa shape index (κ2) is 14.0. The molecule has 5 aromatic carbocycles. The lowest BCUT2D eigenvalue weighted by atomic mass is 9.79. The van der Waals surface area contributed by atoms with Crippen molar-refractivity contribution in [2.45, 2.75) is 63.4 Å². The van der Waals surface area contributed by atoms with Crippen molar-refractivity contribution in [1.82, 2.24) is 4.90 Å². The lowest BCUT2D eigenvalue weighted by Gasteiger charge is -2.37. The van der Waals surface area contributed by atoms with Crippen LogP contribution in [0.3, 0.4) is 0 Å². The number of halogens is 1. The molecular formula is C44H42ClNO5. The number of esters is 1. The quantitative estimate of drug-likeness (QED) is 0.119. The molecule has 5 aromatic rings. The highest BCUT2D eigenvalue weighted by molar-refractivity contribution is 6.31. The van der Waals surface area contributed by atoms with E-state index in [0.29, 0.717) is 10.6 Å². The minimum Gasteiger partial charge on any atom is -0.448 e. The van der Waals surface area contributed by atoms with Crippen molar-refractivity contribution in [3.63, 3.8) is 0 Å². The first kappa shape index (κ1) is 34.5. The number of likely N-dealkylation sites (tertiary alicyclic amines) is 1. The molecule has 6 nitrogen and oxygen atoms in total. The van der Waals surface area contributed by atoms with Gasteiger partial charge in [0.15, 0.2) is 5.60 Å². The maximum Gasteiger partial charge on any atom is 0.410 e. The van der Waals surface area contributed by atoms with Crippen LogP contribution in [0.15, 0.2) is 127 Å². The van der Waals surface area contributed by atoms with E-state index in [-0.39, 0.29) is 25.5 Å². The van der Waals surface area contributed by atoms with Crippen LogP contribution < -0.4 is 0 Å². The van der Waals surface area contributed by atoms with Crippen LogP contribution in [0, 0.1) is 6.92 Å². The Morgan fingerprint density at radius 3 is 1.94 bits per heavy atom. The number of aryl methyl sites for hydroxylation is 1. The summed E-state index contributed by atoms with van der Waals surface area (Å²) in [6.07, 6.45) is -0.743. The van der Waals surface area contributed by atoms with E-state index in [1.165, 1.54) is 4.90 Å². The van der Waals surface area contributed by atoms with E-state index in [1.54, 1.807) is 6.07 Å². The second-order valence-corrected chi connectivity index (χ2v) is 14.8. The molecular weight excluding hydrogens is 658 g/mol. The third-order valence-corrected chi connectivity index (χ3v) is 10.1. The van der Waals surface area contributed by atoms with Crippen LogP contribution >= 0.6 is 11.6 Å². The molecule has 7 rings (SSSR count). The highest BCUT2D eigenvalue weighted by Crippen LogP contribution is 2.46. The highest BCUT2D eigenvalue weighted by Gasteiger charge is 2.49. The molecule has 0 aromatic heterocycles. The van der Waals surface area contributed by atoms with E-state index in [0.717, 1.165) is 38.9 Å². The zero-order valence-electron chi connectivity index (χ0n) is 29.3. The first-order valence-electron chi connectivity index (χ1n) is 17.4. The van der Waals surface area contributed by atoms with Gasteiger partial charge in [0.25, 0.3) is 0 Å². The molecule has 1 saturated heterocycles. The fourth-order valence-electron chi connectivity index (χ4n) is 7.56. The summed E-state index contributed by atoms with van der Waals surface area (Å²) in [4.78, 5) is 30.4. The maximum atomic E-state index is 14.8. The van der Waals surface area contributed by atoms with E-state index in [9.17, 15) is 9.59 Å². The Balaban J connectivity index is 1.24. The Labute approximate surface area is 304 Å². The lowest BCUT2D eigenvalue weighted by Crippen LogP contribution is -2.46. The Hall–Kier alpha value is -4.91. The summed E-state index contributed by atoms with van der Waals surface area (Å²) in [5.41, 5.74) is 5.73. The monoisotopic (exact) mass is 699 g/mol. The van der Waals surface area contributed by atoms with Crippen LogP contribution in [0.4, 0.5) is 4.79 Å². The van der Waals surface area contributed by atoms with Gasteiger partial charge in [-0.3, -0.25) is 4.90 Å². The topological polar surface area (TPSA) is 65.1 Å². The fraction of sp³-hybridized carbons (Fsp3) is 0.273. The Bertz CT molecular complexity index is 1990. The summed E-state index contributed by atoms with van der Waals surface area (Å²) in [5.74, 6) is -0.698. The predicted molar refractivity (Wildman–Crippen MR) is 200 cm³/mol. The lowest BCUT2D eigenvalue weighted by molar-refractivity contribution is -0.158. The van der Waals surface area contributed by atoms with Crippen molar-refractivity contribution in [3.8, 4) is 11.1 Å². The molecule has 0 N–H and O–H groups in total. The number of ether oxygens (including phenoxy) is 3. The first-order chi connectivity index (χ1) is 24.5. The van der Waals surface area contributed by atoms with Crippen molar-refractivity contribution < 1.29 is 23.8 Å². The van der Waals surface area contributed by atoms with Gasteiger partial charge in [0.05, 0.1) is 18.2 Å². The minimum absolute atomic E-state index is 0.122. The molecule has 1 amide bonds. The van der Waals surface area contributed by atoms with Gasteiger partial charge in [-0.05, 0) is 56.0 Å². The van der Waals surface area contributed by atoms with Gasteiger partial charge in [-0.1, -0.05) is 138 Å². The summed E-state index contributed by atoms with van der Waals surface area (Å²) >= 11 is 6.94. The summed E-state index contributed by atoms with van der Waals surface area (Å²) in [6, 6.07) is 40.4. The molecule has 1 aliphatic carbocycles. The van der Waals surface area contributed by atoms with E-state index in [1.807, 2.05) is 125 Å². The van der Waals surface area contributed by atoms with Crippen molar-refractivity contribution in [3.05, 3.63) is 166 Å². The van der Waals surface area contributed by atoms with Gasteiger partial charge in [-0.25, -0.2) is 9.59 Å². The minimum atomic E-state index is -1.42. The van der Waals surface area contributed by atoms with Crippen molar-refractivity contribution in [1.29, 1.82) is 0 Å². The summed E-state index contributed by atoms with van der Waals surface area (Å²) < 4.78 is 19.3. The second-order valence-electron chi connectivity index (χ2n) is 14.4. The number of fused-ring (bicyclic) bond motifs is 3. The average molecular weight is 700 g/mol. The molecule has 1 aliphatic heterocycles. The summed E-state index contributed by atoms with van der Waals surface area (Å²) in [6.45, 7) is 8.22. The zero-order valence-corrected chi connectivity index (χ0v) is 30.1. The van der Waals surface area contributed by atoms with E-state index >= 15 is 0 Å². The van der Waals surface area contributed by atoms with Crippen LogP contribution in [0.2, 0.25) is 5.02 Å². The molecule has 0 bridgehead atoms. The highest BCUT2D eigenvalue weighted by atomic mass is 35.5. The van der Waals surface area contributed by atoms with Crippen LogP contribution in [0.5, 0.6) is 0 Å². The smallest absolute Gasteiger partial charge is 0.410 e. The number of amides is 1. The molecule has 0 radical (unpaired) electrons. The molecule has 1 heterocycles. The number of hydrogen-bond donors (Lipinski definition) is 0. The maximum absolute atomic E-state index is 14.8. The van der Waals surface area contributed by atoms with E-state index in [2.05, 4.69) is 24.3 Å². The van der Waals surface area contributed by atoms with Crippen molar-refractivity contribution in [2.75, 3.05) is 13.2 Å². The van der Waals surface area contributed by atoms with Gasteiger partial charge in [0.2, 0.25) is 0 Å². The fourth-order valence-corrected chi connectivity index (χ4v) is 7.83. The van der Waals surface area contributed by atoms with Gasteiger partial charge in [-0.2, -0.15) is 0 Å². The van der Waals surface area contributed by atoms with Gasteiger partial charge < -0.3 is 14.2 Å². The largest absolute Gasteiger partial charge is 0.448 e. The van der Waals surface area contributed by atoms with Gasteiger partial charge in [-0.15, -0.1) is 0 Å². The molecule has 1 fully saturated rings. The number of nitrogens with zero attached hydrogens (tertiary/aromatic N) is 1. The number of hydrogen-bond acceptors (Lipinski definition) is 5. The van der Waals surface area contributed by atoms with Gasteiger partial charge in [0.1, 0.15) is 12.6 Å². The normalized spacial score (nSPS) is 18.1. The molecule has 2 aliphatic rings. The van der Waals surface area contributed by atoms with Crippen LogP contribution in [0.25, 0.3) is 11.1 Å². The molecule has 3 atom stereocenters. The number of benzene rings is 5. The standard InChI is InChI=1S/C44H42ClNO5/c1-29-22-24-31(25-23-29)44(30-14-6-5-7-15-30,38-20-12-13-21-39(38)45)51-41(47)40-26-32(50-43(2,3)4)27-46(40)42(48)49-28-37-35-18-10-8-16-33(35)34-17-9-11-19-36(34)37/h5-25,32,37,40H,26-28H2,1-4H3/t32-,40+,44?/m1/s1. The number of rotatable bonds is 8. The van der Waals surface area contributed by atoms with E-state index in [4.69, 9.17) is 25.8 Å². The molecule has 0 saturated carbocycles. The zero-order chi connectivity index (χ0) is 35.8. The molecule has 0 spiro atoms. The number of carbonyl (C=O) groups is 2. The van der Waals surface area contributed by atoms with Crippen LogP contribution in [0.1, 0.15) is 66.5 Å². The average Bonchev–Trinajstić information content (AvgIpc) is 3.69. The van der Waals surface area contributed by atoms with Gasteiger partial charge in [0, 0.05) is 34.1 Å². The Morgan fingerprint density at radius 2 is 1.31 bits per heavy atom. The Morgan fingerprint density at radius 1 is 0.745 bits per heavy atom. The molecule has 7 heteroatoms. The molecule has 51 heavy (non-hydrogen) atoms. The molecule has 1 unspecified atom stereocenters. The SMILES string of the molecule is Cc1ccc(C(OC(=O)[C@@H]2C[C@@H](OC(C)(C)C)CN2C(=O)OCC2c3ccccc3-c3ccccc32)(c2ccccc2)c2ccccc2Cl)cc1. The summed E-state index contributed by atoms with van der Waals surface area (Å²) in [5, 5.41) is 0.448. The Kier molecular flexibility index (Phi) is 9.49. The predicted octanol–water partition coefficient (Wildman–Crippen LogP) is 9.69.